The zero-order chi connectivity index (χ0) is 12.4. The molecule has 90 valence electrons. The van der Waals surface area contributed by atoms with Crippen molar-refractivity contribution in [1.29, 1.82) is 5.26 Å². The van der Waals surface area contributed by atoms with Crippen LogP contribution in [-0.4, -0.2) is 9.55 Å². The van der Waals surface area contributed by atoms with Crippen molar-refractivity contribution < 1.29 is 0 Å². The Labute approximate surface area is 107 Å². The van der Waals surface area contributed by atoms with Crippen LogP contribution in [0.25, 0.3) is 11.4 Å². The lowest BCUT2D eigenvalue weighted by Crippen LogP contribution is -2.13. The molecule has 3 nitrogen and oxygen atoms in total. The summed E-state index contributed by atoms with van der Waals surface area (Å²) in [5.74, 6) is 1.10. The predicted molar refractivity (Wildman–Crippen MR) is 69.7 cm³/mol. The van der Waals surface area contributed by atoms with Crippen LogP contribution < -0.4 is 0 Å². The zero-order valence-electron chi connectivity index (χ0n) is 10.2. The lowest BCUT2D eigenvalue weighted by Gasteiger charge is -2.18. The van der Waals surface area contributed by atoms with Crippen molar-refractivity contribution in [3.63, 3.8) is 0 Å². The molecule has 2 unspecified atom stereocenters. The lowest BCUT2D eigenvalue weighted by atomic mass is 10.1. The lowest BCUT2D eigenvalue weighted by molar-refractivity contribution is 0.453. The van der Waals surface area contributed by atoms with E-state index in [4.69, 9.17) is 0 Å². The molecule has 1 heterocycles. The van der Waals surface area contributed by atoms with Crippen molar-refractivity contribution >= 4 is 0 Å². The van der Waals surface area contributed by atoms with E-state index in [0.29, 0.717) is 0 Å². The van der Waals surface area contributed by atoms with Crippen LogP contribution in [0.2, 0.25) is 0 Å². The molecule has 1 aromatic heterocycles. The first-order valence-electron chi connectivity index (χ1n) is 6.38. The van der Waals surface area contributed by atoms with Crippen molar-refractivity contribution in [3.05, 3.63) is 42.7 Å². The fourth-order valence-electron chi connectivity index (χ4n) is 2.82. The third-order valence-electron chi connectivity index (χ3n) is 3.70. The molecular formula is C15H15N3. The molecule has 0 N–H and O–H groups in total. The molecule has 3 heteroatoms. The highest BCUT2D eigenvalue weighted by Gasteiger charge is 2.29. The summed E-state index contributed by atoms with van der Waals surface area (Å²) < 4.78 is 2.18. The minimum atomic E-state index is 0.127. The van der Waals surface area contributed by atoms with Gasteiger partial charge in [-0.15, -0.1) is 0 Å². The fraction of sp³-hybridized carbons (Fsp3) is 0.333. The highest BCUT2D eigenvalue weighted by atomic mass is 15.1. The third kappa shape index (κ3) is 1.80. The standard InChI is InChI=1S/C15H15N3/c16-11-13-7-4-8-14(13)18-10-9-17-15(18)12-5-2-1-3-6-12/h1-3,5-6,9-10,13-14H,4,7-8H2. The Hall–Kier alpha value is -2.08. The quantitative estimate of drug-likeness (QED) is 0.803. The summed E-state index contributed by atoms with van der Waals surface area (Å²) in [6, 6.07) is 12.9. The second kappa shape index (κ2) is 4.66. The maximum atomic E-state index is 9.21. The first kappa shape index (κ1) is 11.0. The fourth-order valence-corrected chi connectivity index (χ4v) is 2.82. The minimum Gasteiger partial charge on any atom is -0.327 e. The van der Waals surface area contributed by atoms with Crippen LogP contribution in [0.5, 0.6) is 0 Å². The molecule has 1 aromatic carbocycles. The number of rotatable bonds is 2. The largest absolute Gasteiger partial charge is 0.327 e. The van der Waals surface area contributed by atoms with E-state index in [2.05, 4.69) is 27.8 Å². The summed E-state index contributed by atoms with van der Waals surface area (Å²) in [5, 5.41) is 9.21. The normalized spacial score (nSPS) is 22.8. The maximum Gasteiger partial charge on any atom is 0.140 e. The molecule has 3 rings (SSSR count). The van der Waals surface area contributed by atoms with Gasteiger partial charge in [-0.1, -0.05) is 30.3 Å². The van der Waals surface area contributed by atoms with Crippen molar-refractivity contribution in [1.82, 2.24) is 9.55 Å². The van der Waals surface area contributed by atoms with Gasteiger partial charge in [0, 0.05) is 18.0 Å². The molecule has 1 saturated carbocycles. The number of nitrogens with zero attached hydrogens (tertiary/aromatic N) is 3. The van der Waals surface area contributed by atoms with Crippen LogP contribution in [-0.2, 0) is 0 Å². The van der Waals surface area contributed by atoms with Gasteiger partial charge < -0.3 is 4.57 Å². The Balaban J connectivity index is 2.00. The number of benzene rings is 1. The molecule has 2 atom stereocenters. The van der Waals surface area contributed by atoms with Crippen LogP contribution in [0.15, 0.2) is 42.7 Å². The van der Waals surface area contributed by atoms with E-state index >= 15 is 0 Å². The summed E-state index contributed by atoms with van der Waals surface area (Å²) >= 11 is 0. The number of nitriles is 1. The van der Waals surface area contributed by atoms with Crippen LogP contribution in [0, 0.1) is 17.2 Å². The van der Waals surface area contributed by atoms with Gasteiger partial charge in [-0.2, -0.15) is 5.26 Å². The average Bonchev–Trinajstić information content (AvgIpc) is 3.07. The predicted octanol–water partition coefficient (Wildman–Crippen LogP) is 3.41. The van der Waals surface area contributed by atoms with E-state index in [9.17, 15) is 5.26 Å². The molecule has 0 spiro atoms. The van der Waals surface area contributed by atoms with E-state index in [1.54, 1.807) is 0 Å². The molecule has 0 bridgehead atoms. The van der Waals surface area contributed by atoms with Gasteiger partial charge in [0.2, 0.25) is 0 Å². The first-order valence-corrected chi connectivity index (χ1v) is 6.38. The van der Waals surface area contributed by atoms with Crippen molar-refractivity contribution in [2.45, 2.75) is 25.3 Å². The van der Waals surface area contributed by atoms with Gasteiger partial charge in [-0.3, -0.25) is 0 Å². The zero-order valence-corrected chi connectivity index (χ0v) is 10.2. The van der Waals surface area contributed by atoms with Crippen LogP contribution in [0.3, 0.4) is 0 Å². The summed E-state index contributed by atoms with van der Waals surface area (Å²) in [6.45, 7) is 0. The molecule has 2 aromatic rings. The number of hydrogen-bond donors (Lipinski definition) is 0. The van der Waals surface area contributed by atoms with Gasteiger partial charge in [0.05, 0.1) is 18.0 Å². The van der Waals surface area contributed by atoms with Gasteiger partial charge in [0.15, 0.2) is 0 Å². The van der Waals surface area contributed by atoms with E-state index < -0.39 is 0 Å². The van der Waals surface area contributed by atoms with Crippen LogP contribution in [0.1, 0.15) is 25.3 Å². The van der Waals surface area contributed by atoms with Crippen LogP contribution in [0.4, 0.5) is 0 Å². The SMILES string of the molecule is N#CC1CCCC1n1ccnc1-c1ccccc1. The molecular weight excluding hydrogens is 222 g/mol. The summed E-state index contributed by atoms with van der Waals surface area (Å²) in [5.41, 5.74) is 1.12. The monoisotopic (exact) mass is 237 g/mol. The molecule has 0 saturated heterocycles. The Morgan fingerprint density at radius 2 is 2.06 bits per heavy atom. The highest BCUT2D eigenvalue weighted by Crippen LogP contribution is 2.37. The molecule has 1 aliphatic rings. The topological polar surface area (TPSA) is 41.6 Å². The summed E-state index contributed by atoms with van der Waals surface area (Å²) in [6.07, 6.45) is 7.05. The van der Waals surface area contributed by atoms with Gasteiger partial charge in [0.25, 0.3) is 0 Å². The molecule has 0 radical (unpaired) electrons. The van der Waals surface area contributed by atoms with E-state index in [-0.39, 0.29) is 12.0 Å². The Bertz CT molecular complexity index is 565. The van der Waals surface area contributed by atoms with E-state index in [1.807, 2.05) is 30.6 Å². The Kier molecular flexibility index (Phi) is 2.85. The average molecular weight is 237 g/mol. The minimum absolute atomic E-state index is 0.127. The van der Waals surface area contributed by atoms with Crippen molar-refractivity contribution in [2.75, 3.05) is 0 Å². The number of aromatic nitrogens is 2. The first-order chi connectivity index (χ1) is 8.90. The van der Waals surface area contributed by atoms with Gasteiger partial charge in [-0.25, -0.2) is 4.98 Å². The smallest absolute Gasteiger partial charge is 0.140 e. The summed E-state index contributed by atoms with van der Waals surface area (Å²) in [7, 11) is 0. The highest BCUT2D eigenvalue weighted by molar-refractivity contribution is 5.55. The summed E-state index contributed by atoms with van der Waals surface area (Å²) in [4.78, 5) is 4.45. The Morgan fingerprint density at radius 3 is 2.83 bits per heavy atom. The second-order valence-electron chi connectivity index (χ2n) is 4.76. The Morgan fingerprint density at radius 1 is 1.22 bits per heavy atom. The van der Waals surface area contributed by atoms with Crippen LogP contribution >= 0.6 is 0 Å². The molecule has 1 aliphatic carbocycles. The molecule has 0 aliphatic heterocycles. The van der Waals surface area contributed by atoms with E-state index in [1.165, 1.54) is 0 Å². The van der Waals surface area contributed by atoms with Gasteiger partial charge >= 0.3 is 0 Å². The van der Waals surface area contributed by atoms with Crippen molar-refractivity contribution in [3.8, 4) is 17.5 Å². The van der Waals surface area contributed by atoms with Gasteiger partial charge in [0.1, 0.15) is 5.82 Å². The van der Waals surface area contributed by atoms with Gasteiger partial charge in [-0.05, 0) is 19.3 Å². The molecule has 18 heavy (non-hydrogen) atoms. The molecule has 1 fully saturated rings. The molecule has 0 amide bonds. The number of hydrogen-bond acceptors (Lipinski definition) is 2. The maximum absolute atomic E-state index is 9.21. The number of imidazole rings is 1. The third-order valence-corrected chi connectivity index (χ3v) is 3.70. The van der Waals surface area contributed by atoms with E-state index in [0.717, 1.165) is 30.7 Å². The van der Waals surface area contributed by atoms with Crippen molar-refractivity contribution in [2.24, 2.45) is 5.92 Å². The second-order valence-corrected chi connectivity index (χ2v) is 4.76.